The molecule has 0 spiro atoms. The number of esters is 1. The largest absolute Gasteiger partial charge is 0.423 e. The second kappa shape index (κ2) is 6.64. The number of nitrogens with zero attached hydrogens (tertiary/aromatic N) is 1. The van der Waals surface area contributed by atoms with E-state index in [2.05, 4.69) is 12.2 Å². The van der Waals surface area contributed by atoms with E-state index in [1.165, 1.54) is 4.90 Å². The van der Waals surface area contributed by atoms with E-state index in [-0.39, 0.29) is 35.5 Å². The molecular weight excluding hydrogens is 414 g/mol. The van der Waals surface area contributed by atoms with Crippen molar-refractivity contribution in [1.82, 2.24) is 0 Å². The van der Waals surface area contributed by atoms with Crippen molar-refractivity contribution in [3.63, 3.8) is 0 Å². The number of allylic oxidation sites excluding steroid dienone is 2. The quantitative estimate of drug-likeness (QED) is 0.261. The van der Waals surface area contributed by atoms with Crippen molar-refractivity contribution in [3.05, 3.63) is 84.4 Å². The third kappa shape index (κ3) is 2.68. The maximum atomic E-state index is 13.4. The van der Waals surface area contributed by atoms with Crippen LogP contribution in [0.25, 0.3) is 10.8 Å². The highest BCUT2D eigenvalue weighted by molar-refractivity contribution is 6.23. The molecule has 33 heavy (non-hydrogen) atoms. The summed E-state index contributed by atoms with van der Waals surface area (Å²) in [4.78, 5) is 40.9. The van der Waals surface area contributed by atoms with Gasteiger partial charge in [-0.25, -0.2) is 9.69 Å². The van der Waals surface area contributed by atoms with Crippen molar-refractivity contribution in [2.75, 3.05) is 4.90 Å². The minimum atomic E-state index is -0.522. The molecule has 0 N–H and O–H groups in total. The molecular formula is C28H21NO4. The first-order valence-electron chi connectivity index (χ1n) is 11.5. The number of carbonyl (C=O) groups excluding carboxylic acids is 3. The van der Waals surface area contributed by atoms with Crippen LogP contribution >= 0.6 is 0 Å². The Balaban J connectivity index is 1.17. The van der Waals surface area contributed by atoms with Crippen LogP contribution in [0.5, 0.6) is 5.75 Å². The summed E-state index contributed by atoms with van der Waals surface area (Å²) < 4.78 is 5.60. The Bertz CT molecular complexity index is 1360. The summed E-state index contributed by atoms with van der Waals surface area (Å²) in [5, 5.41) is 2.04. The van der Waals surface area contributed by atoms with Crippen molar-refractivity contribution < 1.29 is 19.1 Å². The predicted octanol–water partition coefficient (Wildman–Crippen LogP) is 4.62. The van der Waals surface area contributed by atoms with Crippen molar-refractivity contribution in [2.45, 2.75) is 6.42 Å². The molecule has 162 valence electrons. The smallest absolute Gasteiger partial charge is 0.343 e. The molecule has 0 radical (unpaired) electrons. The van der Waals surface area contributed by atoms with E-state index in [9.17, 15) is 14.4 Å². The van der Waals surface area contributed by atoms with Crippen LogP contribution in [0.4, 0.5) is 5.69 Å². The number of hydrogen-bond donors (Lipinski definition) is 0. The monoisotopic (exact) mass is 435 g/mol. The van der Waals surface area contributed by atoms with Crippen LogP contribution in [0.15, 0.2) is 78.9 Å². The Morgan fingerprint density at radius 2 is 1.48 bits per heavy atom. The Kier molecular flexibility index (Phi) is 3.78. The molecule has 3 aromatic rings. The highest BCUT2D eigenvalue weighted by Crippen LogP contribution is 2.65. The molecule has 5 aliphatic rings. The molecule has 0 aromatic heterocycles. The Morgan fingerprint density at radius 3 is 2.21 bits per heavy atom. The van der Waals surface area contributed by atoms with Gasteiger partial charge in [-0.05, 0) is 71.2 Å². The van der Waals surface area contributed by atoms with Crippen LogP contribution in [0, 0.1) is 35.5 Å². The first-order valence-corrected chi connectivity index (χ1v) is 11.5. The fraction of sp³-hybridized carbons (Fsp3) is 0.250. The number of fused-ring (bicyclic) bond motifs is 1. The molecule has 1 saturated heterocycles. The zero-order chi connectivity index (χ0) is 22.3. The lowest BCUT2D eigenvalue weighted by Gasteiger charge is -2.37. The van der Waals surface area contributed by atoms with Gasteiger partial charge >= 0.3 is 5.97 Å². The van der Waals surface area contributed by atoms with E-state index in [1.54, 1.807) is 30.3 Å². The van der Waals surface area contributed by atoms with Gasteiger partial charge in [0.05, 0.1) is 23.1 Å². The number of carbonyl (C=O) groups is 3. The van der Waals surface area contributed by atoms with Gasteiger partial charge < -0.3 is 4.74 Å². The molecule has 6 atom stereocenters. The molecule has 5 heteroatoms. The standard InChI is InChI=1S/C28H21NO4/c30-26-24-20-10-11-21(23-14-22(20)23)25(24)27(31)29(26)18-7-3-6-17(12-18)28(32)33-19-9-8-15-4-1-2-5-16(15)13-19/h1-13,20-25H,14H2/t20-,21-,22-,23-,24+,25+/m1/s1. The molecule has 0 unspecified atom stereocenters. The molecule has 5 nitrogen and oxygen atoms in total. The minimum Gasteiger partial charge on any atom is -0.423 e. The summed E-state index contributed by atoms with van der Waals surface area (Å²) in [7, 11) is 0. The first kappa shape index (κ1) is 18.8. The number of amides is 2. The highest BCUT2D eigenvalue weighted by Gasteiger charge is 2.67. The van der Waals surface area contributed by atoms with Crippen molar-refractivity contribution >= 4 is 34.2 Å². The number of benzene rings is 3. The van der Waals surface area contributed by atoms with Crippen LogP contribution in [0.2, 0.25) is 0 Å². The molecule has 3 aromatic carbocycles. The molecule has 2 bridgehead atoms. The van der Waals surface area contributed by atoms with Gasteiger partial charge in [0.2, 0.25) is 11.8 Å². The summed E-state index contributed by atoms with van der Waals surface area (Å²) in [5.74, 6) is 0.609. The van der Waals surface area contributed by atoms with Gasteiger partial charge in [-0.15, -0.1) is 0 Å². The van der Waals surface area contributed by atoms with Crippen LogP contribution < -0.4 is 9.64 Å². The maximum absolute atomic E-state index is 13.4. The molecule has 8 rings (SSSR count). The zero-order valence-corrected chi connectivity index (χ0v) is 17.8. The molecule has 1 heterocycles. The van der Waals surface area contributed by atoms with Gasteiger partial charge in [-0.3, -0.25) is 9.59 Å². The van der Waals surface area contributed by atoms with Gasteiger partial charge in [-0.2, -0.15) is 0 Å². The Morgan fingerprint density at radius 1 is 0.788 bits per heavy atom. The van der Waals surface area contributed by atoms with E-state index < -0.39 is 5.97 Å². The van der Waals surface area contributed by atoms with Gasteiger partial charge in [0.1, 0.15) is 5.75 Å². The number of anilines is 1. The third-order valence-electron chi connectivity index (χ3n) is 7.93. The summed E-state index contributed by atoms with van der Waals surface area (Å²) >= 11 is 0. The van der Waals surface area contributed by atoms with Gasteiger partial charge in [-0.1, -0.05) is 48.6 Å². The molecule has 2 amide bonds. The Labute approximate surface area is 190 Å². The minimum absolute atomic E-state index is 0.130. The summed E-state index contributed by atoms with van der Waals surface area (Å²) in [6.45, 7) is 0. The summed E-state index contributed by atoms with van der Waals surface area (Å²) in [6.07, 6.45) is 5.45. The Hall–Kier alpha value is -3.73. The van der Waals surface area contributed by atoms with E-state index in [1.807, 2.05) is 36.4 Å². The zero-order valence-electron chi connectivity index (χ0n) is 17.8. The van der Waals surface area contributed by atoms with Gasteiger partial charge in [0.15, 0.2) is 0 Å². The van der Waals surface area contributed by atoms with Crippen LogP contribution in [0.3, 0.4) is 0 Å². The maximum Gasteiger partial charge on any atom is 0.343 e. The van der Waals surface area contributed by atoms with Crippen LogP contribution in [-0.4, -0.2) is 17.8 Å². The lowest BCUT2D eigenvalue weighted by molar-refractivity contribution is -0.124. The van der Waals surface area contributed by atoms with Crippen molar-refractivity contribution in [2.24, 2.45) is 35.5 Å². The van der Waals surface area contributed by atoms with Crippen LogP contribution in [0.1, 0.15) is 16.8 Å². The first-order chi connectivity index (χ1) is 16.1. The number of imide groups is 1. The molecule has 2 saturated carbocycles. The topological polar surface area (TPSA) is 63.7 Å². The summed E-state index contributed by atoms with van der Waals surface area (Å²) in [6, 6.07) is 20.0. The second-order valence-electron chi connectivity index (χ2n) is 9.62. The lowest BCUT2D eigenvalue weighted by atomic mass is 9.63. The lowest BCUT2D eigenvalue weighted by Crippen LogP contribution is -2.40. The predicted molar refractivity (Wildman–Crippen MR) is 123 cm³/mol. The molecule has 4 aliphatic carbocycles. The fourth-order valence-electron chi connectivity index (χ4n) is 6.38. The van der Waals surface area contributed by atoms with Gasteiger partial charge in [0.25, 0.3) is 0 Å². The normalized spacial score (nSPS) is 31.0. The third-order valence-corrected chi connectivity index (χ3v) is 7.93. The van der Waals surface area contributed by atoms with Crippen LogP contribution in [-0.2, 0) is 9.59 Å². The highest BCUT2D eigenvalue weighted by atomic mass is 16.5. The SMILES string of the molecule is O=C(Oc1ccc2ccccc2c1)c1cccc(N2C(=O)[C@H]3[C@@H]4C=C[C@H]([C@H]5C[C@H]45)[C@@H]3C2=O)c1. The van der Waals surface area contributed by atoms with E-state index in [4.69, 9.17) is 4.74 Å². The van der Waals surface area contributed by atoms with Crippen molar-refractivity contribution in [3.8, 4) is 5.75 Å². The van der Waals surface area contributed by atoms with Gasteiger partial charge in [0, 0.05) is 0 Å². The second-order valence-corrected chi connectivity index (χ2v) is 9.62. The fourth-order valence-corrected chi connectivity index (χ4v) is 6.38. The average molecular weight is 435 g/mol. The number of rotatable bonds is 3. The number of ether oxygens (including phenoxy) is 1. The van der Waals surface area contributed by atoms with Crippen molar-refractivity contribution in [1.29, 1.82) is 0 Å². The number of hydrogen-bond acceptors (Lipinski definition) is 4. The van der Waals surface area contributed by atoms with E-state index >= 15 is 0 Å². The van der Waals surface area contributed by atoms with E-state index in [0.717, 1.165) is 17.2 Å². The van der Waals surface area contributed by atoms with E-state index in [0.29, 0.717) is 28.8 Å². The molecule has 1 aliphatic heterocycles. The average Bonchev–Trinajstić information content (AvgIpc) is 3.62. The summed E-state index contributed by atoms with van der Waals surface area (Å²) in [5.41, 5.74) is 0.750. The molecule has 3 fully saturated rings.